The Morgan fingerprint density at radius 2 is 2.07 bits per heavy atom. The second-order valence-corrected chi connectivity index (χ2v) is 5.73. The average molecular weight is 215 g/mol. The van der Waals surface area contributed by atoms with Gasteiger partial charge in [0, 0.05) is 12.6 Å². The van der Waals surface area contributed by atoms with Gasteiger partial charge in [0.2, 0.25) is 0 Å². The molecule has 1 heterocycles. The van der Waals surface area contributed by atoms with Crippen LogP contribution in [0.15, 0.2) is 0 Å². The van der Waals surface area contributed by atoms with E-state index in [4.69, 9.17) is 0 Å². The normalized spacial score (nSPS) is 31.1. The van der Waals surface area contributed by atoms with Gasteiger partial charge >= 0.3 is 0 Å². The number of aliphatic hydroxyl groups excluding tert-OH is 1. The van der Waals surface area contributed by atoms with Crippen molar-refractivity contribution < 1.29 is 5.11 Å². The zero-order valence-corrected chi connectivity index (χ0v) is 9.56. The average Bonchev–Trinajstić information content (AvgIpc) is 2.87. The molecule has 2 fully saturated rings. The minimum atomic E-state index is -0.106. The fourth-order valence-corrected chi connectivity index (χ4v) is 3.77. The first-order valence-corrected chi connectivity index (χ1v) is 7.01. The van der Waals surface area contributed by atoms with Crippen molar-refractivity contribution in [1.82, 2.24) is 5.32 Å². The van der Waals surface area contributed by atoms with E-state index in [0.717, 1.165) is 12.3 Å². The molecule has 1 saturated carbocycles. The van der Waals surface area contributed by atoms with Gasteiger partial charge in [0.25, 0.3) is 0 Å². The van der Waals surface area contributed by atoms with Gasteiger partial charge in [-0.05, 0) is 36.7 Å². The fourth-order valence-electron chi connectivity index (χ4n) is 2.44. The van der Waals surface area contributed by atoms with E-state index in [0.29, 0.717) is 12.0 Å². The molecule has 1 aliphatic carbocycles. The van der Waals surface area contributed by atoms with Gasteiger partial charge in [-0.25, -0.2) is 0 Å². The molecule has 0 aromatic rings. The van der Waals surface area contributed by atoms with Crippen LogP contribution in [0.2, 0.25) is 0 Å². The van der Waals surface area contributed by atoms with Gasteiger partial charge in [-0.3, -0.25) is 0 Å². The first-order valence-electron chi connectivity index (χ1n) is 5.85. The second-order valence-electron chi connectivity index (χ2n) is 4.58. The van der Waals surface area contributed by atoms with Crippen LogP contribution >= 0.6 is 11.8 Å². The molecule has 0 bridgehead atoms. The lowest BCUT2D eigenvalue weighted by Crippen LogP contribution is -2.37. The predicted octanol–water partition coefficient (Wildman–Crippen LogP) is 1.63. The molecule has 0 amide bonds. The molecular weight excluding hydrogens is 194 g/mol. The Morgan fingerprint density at radius 3 is 2.71 bits per heavy atom. The SMILES string of the molecule is OC(CNC1CCCC1)C1CCSC1. The summed E-state index contributed by atoms with van der Waals surface area (Å²) in [6.07, 6.45) is 6.46. The van der Waals surface area contributed by atoms with Crippen molar-refractivity contribution in [2.75, 3.05) is 18.1 Å². The fraction of sp³-hybridized carbons (Fsp3) is 1.00. The van der Waals surface area contributed by atoms with Gasteiger partial charge in [-0.15, -0.1) is 0 Å². The number of thioether (sulfide) groups is 1. The monoisotopic (exact) mass is 215 g/mol. The van der Waals surface area contributed by atoms with Gasteiger partial charge in [-0.2, -0.15) is 11.8 Å². The topological polar surface area (TPSA) is 32.3 Å². The molecule has 2 atom stereocenters. The lowest BCUT2D eigenvalue weighted by Gasteiger charge is -2.20. The van der Waals surface area contributed by atoms with Crippen molar-refractivity contribution in [3.63, 3.8) is 0 Å². The maximum atomic E-state index is 9.93. The number of aliphatic hydroxyl groups is 1. The van der Waals surface area contributed by atoms with Crippen molar-refractivity contribution >= 4 is 11.8 Å². The highest BCUT2D eigenvalue weighted by Gasteiger charge is 2.24. The molecule has 82 valence electrons. The Labute approximate surface area is 90.8 Å². The Kier molecular flexibility index (Phi) is 4.14. The number of hydrogen-bond donors (Lipinski definition) is 2. The van der Waals surface area contributed by atoms with E-state index in [2.05, 4.69) is 5.32 Å². The smallest absolute Gasteiger partial charge is 0.0700 e. The number of hydrogen-bond acceptors (Lipinski definition) is 3. The standard InChI is InChI=1S/C11H21NOS/c13-11(9-5-6-14-8-9)7-12-10-3-1-2-4-10/h9-13H,1-8H2. The first kappa shape index (κ1) is 10.8. The molecule has 0 aromatic heterocycles. The molecule has 0 spiro atoms. The molecular formula is C11H21NOS. The molecule has 2 aliphatic rings. The number of nitrogens with one attached hydrogen (secondary N) is 1. The molecule has 1 aliphatic heterocycles. The molecule has 1 saturated heterocycles. The minimum Gasteiger partial charge on any atom is -0.391 e. The third-order valence-electron chi connectivity index (χ3n) is 3.48. The molecule has 3 heteroatoms. The van der Waals surface area contributed by atoms with Gasteiger partial charge in [0.15, 0.2) is 0 Å². The summed E-state index contributed by atoms with van der Waals surface area (Å²) in [5, 5.41) is 13.4. The van der Waals surface area contributed by atoms with Gasteiger partial charge < -0.3 is 10.4 Å². The summed E-state index contributed by atoms with van der Waals surface area (Å²) in [5.41, 5.74) is 0. The van der Waals surface area contributed by atoms with E-state index in [-0.39, 0.29) is 6.10 Å². The predicted molar refractivity (Wildman–Crippen MR) is 61.7 cm³/mol. The molecule has 14 heavy (non-hydrogen) atoms. The molecule has 0 radical (unpaired) electrons. The summed E-state index contributed by atoms with van der Waals surface area (Å²) >= 11 is 1.98. The summed E-state index contributed by atoms with van der Waals surface area (Å²) in [4.78, 5) is 0. The Hall–Kier alpha value is 0.270. The van der Waals surface area contributed by atoms with Crippen LogP contribution in [0.5, 0.6) is 0 Å². The highest BCUT2D eigenvalue weighted by atomic mass is 32.2. The van der Waals surface area contributed by atoms with E-state index in [1.165, 1.54) is 37.9 Å². The quantitative estimate of drug-likeness (QED) is 0.747. The maximum absolute atomic E-state index is 9.93. The van der Waals surface area contributed by atoms with E-state index >= 15 is 0 Å². The van der Waals surface area contributed by atoms with E-state index < -0.39 is 0 Å². The summed E-state index contributed by atoms with van der Waals surface area (Å²) in [6, 6.07) is 0.693. The third-order valence-corrected chi connectivity index (χ3v) is 4.67. The highest BCUT2D eigenvalue weighted by molar-refractivity contribution is 7.99. The van der Waals surface area contributed by atoms with Crippen molar-refractivity contribution in [2.45, 2.75) is 44.2 Å². The van der Waals surface area contributed by atoms with Crippen LogP contribution in [0.25, 0.3) is 0 Å². The summed E-state index contributed by atoms with van der Waals surface area (Å²) < 4.78 is 0. The zero-order valence-electron chi connectivity index (χ0n) is 8.74. The molecule has 2 nitrogen and oxygen atoms in total. The van der Waals surface area contributed by atoms with Crippen LogP contribution in [0.4, 0.5) is 0 Å². The van der Waals surface area contributed by atoms with Gasteiger partial charge in [0.05, 0.1) is 6.10 Å². The van der Waals surface area contributed by atoms with E-state index in [1.807, 2.05) is 11.8 Å². The summed E-state index contributed by atoms with van der Waals surface area (Å²) in [5.74, 6) is 2.95. The van der Waals surface area contributed by atoms with Crippen LogP contribution in [0.3, 0.4) is 0 Å². The summed E-state index contributed by atoms with van der Waals surface area (Å²) in [6.45, 7) is 0.815. The maximum Gasteiger partial charge on any atom is 0.0700 e. The van der Waals surface area contributed by atoms with Crippen molar-refractivity contribution in [3.05, 3.63) is 0 Å². The molecule has 0 aromatic carbocycles. The molecule has 2 N–H and O–H groups in total. The Bertz CT molecular complexity index is 165. The summed E-state index contributed by atoms with van der Waals surface area (Å²) in [7, 11) is 0. The lowest BCUT2D eigenvalue weighted by molar-refractivity contribution is 0.115. The van der Waals surface area contributed by atoms with Crippen LogP contribution in [-0.2, 0) is 0 Å². The van der Waals surface area contributed by atoms with Gasteiger partial charge in [0.1, 0.15) is 0 Å². The second kappa shape index (κ2) is 5.38. The first-order chi connectivity index (χ1) is 6.86. The van der Waals surface area contributed by atoms with Crippen molar-refractivity contribution in [2.24, 2.45) is 5.92 Å². The largest absolute Gasteiger partial charge is 0.391 e. The minimum absolute atomic E-state index is 0.106. The molecule has 2 unspecified atom stereocenters. The highest BCUT2D eigenvalue weighted by Crippen LogP contribution is 2.26. The van der Waals surface area contributed by atoms with Crippen LogP contribution < -0.4 is 5.32 Å². The van der Waals surface area contributed by atoms with Crippen LogP contribution in [0, 0.1) is 5.92 Å². The van der Waals surface area contributed by atoms with E-state index in [1.54, 1.807) is 0 Å². The lowest BCUT2D eigenvalue weighted by atomic mass is 10.0. The Balaban J connectivity index is 1.63. The Morgan fingerprint density at radius 1 is 1.29 bits per heavy atom. The third kappa shape index (κ3) is 2.88. The van der Waals surface area contributed by atoms with Crippen molar-refractivity contribution in [3.8, 4) is 0 Å². The number of rotatable bonds is 4. The zero-order chi connectivity index (χ0) is 9.80. The van der Waals surface area contributed by atoms with Crippen LogP contribution in [-0.4, -0.2) is 35.3 Å². The van der Waals surface area contributed by atoms with Crippen LogP contribution in [0.1, 0.15) is 32.1 Å². The van der Waals surface area contributed by atoms with Gasteiger partial charge in [-0.1, -0.05) is 12.8 Å². The van der Waals surface area contributed by atoms with Crippen molar-refractivity contribution in [1.29, 1.82) is 0 Å². The van der Waals surface area contributed by atoms with E-state index in [9.17, 15) is 5.11 Å². The molecule has 2 rings (SSSR count).